The van der Waals surface area contributed by atoms with Crippen LogP contribution in [0.2, 0.25) is 0 Å². The molecule has 0 aromatic carbocycles. The normalized spacial score (nSPS) is 14.8. The molecule has 0 spiro atoms. The molecule has 0 rings (SSSR count). The Labute approximate surface area is 93.6 Å². The highest BCUT2D eigenvalue weighted by Crippen LogP contribution is 2.05. The van der Waals surface area contributed by atoms with Crippen LogP contribution in [0, 0.1) is 0 Å². The van der Waals surface area contributed by atoms with Gasteiger partial charge in [0, 0.05) is 13.3 Å². The first-order chi connectivity index (χ1) is 7.13. The fourth-order valence-electron chi connectivity index (χ4n) is 1.07. The Kier molecular flexibility index (Phi) is 7.25. The molecule has 0 heterocycles. The van der Waals surface area contributed by atoms with Crippen molar-refractivity contribution in [2.45, 2.75) is 27.2 Å². The summed E-state index contributed by atoms with van der Waals surface area (Å²) < 4.78 is 0. The SMILES string of the molecule is C=C\C(C)=C/C=C(C)/C=C(\C=NC)CC. The zero-order chi connectivity index (χ0) is 11.7. The van der Waals surface area contributed by atoms with E-state index in [0.717, 1.165) is 6.42 Å². The highest BCUT2D eigenvalue weighted by molar-refractivity contribution is 5.79. The van der Waals surface area contributed by atoms with Crippen molar-refractivity contribution in [1.82, 2.24) is 0 Å². The first kappa shape index (κ1) is 13.6. The van der Waals surface area contributed by atoms with Crippen LogP contribution in [0.3, 0.4) is 0 Å². The van der Waals surface area contributed by atoms with E-state index < -0.39 is 0 Å². The molecule has 0 saturated heterocycles. The fourth-order valence-corrected chi connectivity index (χ4v) is 1.07. The lowest BCUT2D eigenvalue weighted by Crippen LogP contribution is -1.83. The van der Waals surface area contributed by atoms with Gasteiger partial charge in [0.1, 0.15) is 0 Å². The summed E-state index contributed by atoms with van der Waals surface area (Å²) in [5.74, 6) is 0. The van der Waals surface area contributed by atoms with Crippen molar-refractivity contribution in [1.29, 1.82) is 0 Å². The van der Waals surface area contributed by atoms with E-state index >= 15 is 0 Å². The van der Waals surface area contributed by atoms with E-state index in [1.165, 1.54) is 16.7 Å². The highest BCUT2D eigenvalue weighted by atomic mass is 14.6. The summed E-state index contributed by atoms with van der Waals surface area (Å²) in [5, 5.41) is 0. The third kappa shape index (κ3) is 6.67. The standard InChI is InChI=1S/C14H21N/c1-6-12(3)8-9-13(4)10-14(7-2)11-15-5/h6,8-11H,1,7H2,2-5H3/b12-8-,13-9+,14-10-,15-11?. The van der Waals surface area contributed by atoms with Gasteiger partial charge >= 0.3 is 0 Å². The second-order valence-electron chi connectivity index (χ2n) is 3.49. The Morgan fingerprint density at radius 1 is 1.20 bits per heavy atom. The minimum absolute atomic E-state index is 1.01. The minimum Gasteiger partial charge on any atom is -0.296 e. The van der Waals surface area contributed by atoms with Crippen LogP contribution in [0.1, 0.15) is 27.2 Å². The van der Waals surface area contributed by atoms with Crippen molar-refractivity contribution in [2.24, 2.45) is 4.99 Å². The van der Waals surface area contributed by atoms with E-state index in [0.29, 0.717) is 0 Å². The molecule has 0 aromatic rings. The van der Waals surface area contributed by atoms with Gasteiger partial charge in [-0.05, 0) is 25.8 Å². The van der Waals surface area contributed by atoms with Crippen LogP contribution < -0.4 is 0 Å². The van der Waals surface area contributed by atoms with Crippen LogP contribution in [-0.4, -0.2) is 13.3 Å². The van der Waals surface area contributed by atoms with Crippen molar-refractivity contribution < 1.29 is 0 Å². The molecular weight excluding hydrogens is 182 g/mol. The van der Waals surface area contributed by atoms with Gasteiger partial charge in [-0.1, -0.05) is 49.0 Å². The Bertz CT molecular complexity index is 314. The van der Waals surface area contributed by atoms with E-state index in [-0.39, 0.29) is 0 Å². The van der Waals surface area contributed by atoms with E-state index in [9.17, 15) is 0 Å². The molecule has 0 aliphatic carbocycles. The molecule has 82 valence electrons. The second kappa shape index (κ2) is 7.98. The van der Waals surface area contributed by atoms with Gasteiger partial charge in [-0.15, -0.1) is 0 Å². The molecule has 0 aliphatic heterocycles. The molecule has 0 atom stereocenters. The van der Waals surface area contributed by atoms with Gasteiger partial charge < -0.3 is 0 Å². The van der Waals surface area contributed by atoms with Crippen molar-refractivity contribution >= 4 is 6.21 Å². The quantitative estimate of drug-likeness (QED) is 0.471. The highest BCUT2D eigenvalue weighted by Gasteiger charge is 1.89. The molecule has 0 radical (unpaired) electrons. The van der Waals surface area contributed by atoms with Crippen molar-refractivity contribution in [3.05, 3.63) is 47.6 Å². The molecule has 0 amide bonds. The third-order valence-corrected chi connectivity index (χ3v) is 2.05. The average Bonchev–Trinajstić information content (AvgIpc) is 2.25. The van der Waals surface area contributed by atoms with Crippen LogP contribution >= 0.6 is 0 Å². The molecule has 15 heavy (non-hydrogen) atoms. The Balaban J connectivity index is 4.70. The second-order valence-corrected chi connectivity index (χ2v) is 3.49. The summed E-state index contributed by atoms with van der Waals surface area (Å²) in [6, 6.07) is 0. The minimum atomic E-state index is 1.01. The van der Waals surface area contributed by atoms with Gasteiger partial charge in [0.25, 0.3) is 0 Å². The maximum Gasteiger partial charge on any atom is 0.0277 e. The van der Waals surface area contributed by atoms with Gasteiger partial charge in [-0.2, -0.15) is 0 Å². The summed E-state index contributed by atoms with van der Waals surface area (Å²) in [4.78, 5) is 4.02. The Morgan fingerprint density at radius 2 is 1.80 bits per heavy atom. The molecule has 0 saturated carbocycles. The van der Waals surface area contributed by atoms with Gasteiger partial charge in [0.15, 0.2) is 0 Å². The van der Waals surface area contributed by atoms with Crippen LogP contribution in [0.5, 0.6) is 0 Å². The van der Waals surface area contributed by atoms with Crippen molar-refractivity contribution in [3.63, 3.8) is 0 Å². The zero-order valence-corrected chi connectivity index (χ0v) is 10.2. The lowest BCUT2D eigenvalue weighted by atomic mass is 10.1. The molecule has 0 aliphatic rings. The number of rotatable bonds is 5. The predicted molar refractivity (Wildman–Crippen MR) is 70.5 cm³/mol. The maximum absolute atomic E-state index is 4.02. The van der Waals surface area contributed by atoms with Crippen molar-refractivity contribution in [2.75, 3.05) is 7.05 Å². The largest absolute Gasteiger partial charge is 0.296 e. The van der Waals surface area contributed by atoms with Gasteiger partial charge in [0.2, 0.25) is 0 Å². The van der Waals surface area contributed by atoms with Crippen LogP contribution in [0.4, 0.5) is 0 Å². The summed E-state index contributed by atoms with van der Waals surface area (Å²) in [6.07, 6.45) is 11.1. The number of hydrogen-bond acceptors (Lipinski definition) is 1. The van der Waals surface area contributed by atoms with E-state index in [4.69, 9.17) is 0 Å². The summed E-state index contributed by atoms with van der Waals surface area (Å²) >= 11 is 0. The van der Waals surface area contributed by atoms with E-state index in [1.54, 1.807) is 7.05 Å². The Morgan fingerprint density at radius 3 is 2.27 bits per heavy atom. The zero-order valence-electron chi connectivity index (χ0n) is 10.2. The van der Waals surface area contributed by atoms with E-state index in [2.05, 4.69) is 43.6 Å². The maximum atomic E-state index is 4.02. The Hall–Kier alpha value is -1.37. The lowest BCUT2D eigenvalue weighted by Gasteiger charge is -1.96. The molecule has 0 bridgehead atoms. The lowest BCUT2D eigenvalue weighted by molar-refractivity contribution is 1.17. The van der Waals surface area contributed by atoms with Crippen LogP contribution in [-0.2, 0) is 0 Å². The molecular formula is C14H21N. The summed E-state index contributed by atoms with van der Waals surface area (Å²) in [6.45, 7) is 9.97. The van der Waals surface area contributed by atoms with E-state index in [1.807, 2.05) is 19.2 Å². The molecule has 0 unspecified atom stereocenters. The molecule has 1 nitrogen and oxygen atoms in total. The fraction of sp³-hybridized carbons (Fsp3) is 0.357. The monoisotopic (exact) mass is 203 g/mol. The molecule has 1 heteroatoms. The number of nitrogens with zero attached hydrogens (tertiary/aromatic N) is 1. The molecule has 0 N–H and O–H groups in total. The molecule has 0 aromatic heterocycles. The predicted octanol–water partition coefficient (Wildman–Crippen LogP) is 4.10. The topological polar surface area (TPSA) is 12.4 Å². The first-order valence-corrected chi connectivity index (χ1v) is 5.24. The number of aliphatic imine (C=N–C) groups is 1. The van der Waals surface area contributed by atoms with Gasteiger partial charge in [0.05, 0.1) is 0 Å². The average molecular weight is 203 g/mol. The van der Waals surface area contributed by atoms with Gasteiger partial charge in [-0.25, -0.2) is 0 Å². The number of hydrogen-bond donors (Lipinski definition) is 0. The van der Waals surface area contributed by atoms with Crippen LogP contribution in [0.25, 0.3) is 0 Å². The first-order valence-electron chi connectivity index (χ1n) is 5.24. The van der Waals surface area contributed by atoms with Crippen molar-refractivity contribution in [3.8, 4) is 0 Å². The third-order valence-electron chi connectivity index (χ3n) is 2.05. The number of allylic oxidation sites excluding steroid dienone is 7. The summed E-state index contributed by atoms with van der Waals surface area (Å²) in [7, 11) is 1.80. The van der Waals surface area contributed by atoms with Crippen LogP contribution in [0.15, 0.2) is 52.6 Å². The molecule has 0 fully saturated rings. The van der Waals surface area contributed by atoms with Gasteiger partial charge in [-0.3, -0.25) is 4.99 Å². The smallest absolute Gasteiger partial charge is 0.0277 e. The summed E-state index contributed by atoms with van der Waals surface area (Å²) in [5.41, 5.74) is 3.65.